The average molecular weight is 1490 g/mol. The van der Waals surface area contributed by atoms with E-state index in [0.717, 1.165) is 27.1 Å². The predicted octanol–water partition coefficient (Wildman–Crippen LogP) is 2.80. The van der Waals surface area contributed by atoms with Crippen LogP contribution in [0.1, 0.15) is 125 Å². The zero-order valence-corrected chi connectivity index (χ0v) is 64.1. The van der Waals surface area contributed by atoms with E-state index in [4.69, 9.17) is 15.2 Å². The fraction of sp³-hybridized carbons (Fsp3) is 0.500. The summed E-state index contributed by atoms with van der Waals surface area (Å²) in [6.45, 7) is 19.6. The standard InChI is InChI=1S/C76H107N13O16S/c1-45(2)36-54(82-61(91)42-79-70(99)59(39-52-32-24-18-25-33-52)89(15)72(101)48(6)81-68(97)56(38-51-30-22-17-23-31-51)86-74(103)105-76(11,12)13)67(96)80-47(5)64(93)87-63(46(3)4)71(100)83-55(37-50-28-20-16-21-29-50)69(98)84-57(40-62(92)106-44-53-34-26-19-27-35-53)73(102)88(14)49(7)65(94)85-58(43-104-75(8,9)10)66(95)78-41-60(77)90/h16-35,45-49,54-59,63H,36-44H2,1-15H3,(H2,77,90)(H,78,95)(H,79,99)(H,80,96)(H,81,97)(H,82,91)(H,83,100)(H,84,98)(H,85,94)(H,86,103)(H,87,93)/t47-,48-,49-,54-,55-,56-,57-,58-,59-,63-/m0/s1. The number of amides is 13. The topological polar surface area (TPSA) is 410 Å². The Bertz CT molecular complexity index is 3630. The summed E-state index contributed by atoms with van der Waals surface area (Å²) in [5.74, 6) is -10.4. The summed E-state index contributed by atoms with van der Waals surface area (Å²) in [4.78, 5) is 196. The Hall–Kier alpha value is -10.2. The van der Waals surface area contributed by atoms with Gasteiger partial charge in [-0.2, -0.15) is 0 Å². The van der Waals surface area contributed by atoms with Crippen LogP contribution in [0.3, 0.4) is 0 Å². The first kappa shape index (κ1) is 88.2. The van der Waals surface area contributed by atoms with Gasteiger partial charge in [-0.05, 0) is 103 Å². The van der Waals surface area contributed by atoms with Gasteiger partial charge in [-0.15, -0.1) is 0 Å². The number of primary amides is 1. The molecule has 4 aromatic rings. The fourth-order valence-electron chi connectivity index (χ4n) is 10.5. The molecule has 0 aliphatic rings. The van der Waals surface area contributed by atoms with Crippen LogP contribution in [0.4, 0.5) is 4.79 Å². The first-order valence-electron chi connectivity index (χ1n) is 35.2. The number of nitrogens with two attached hydrogens (primary N) is 1. The van der Waals surface area contributed by atoms with Crippen LogP contribution >= 0.6 is 11.8 Å². The lowest BCUT2D eigenvalue weighted by Gasteiger charge is -2.31. The van der Waals surface area contributed by atoms with Crippen molar-refractivity contribution >= 4 is 93.9 Å². The molecule has 0 unspecified atom stereocenters. The number of thioether (sulfide) groups is 1. The van der Waals surface area contributed by atoms with Crippen molar-refractivity contribution in [2.75, 3.05) is 33.8 Å². The van der Waals surface area contributed by atoms with E-state index < -0.39 is 179 Å². The molecule has 30 heteroatoms. The molecule has 106 heavy (non-hydrogen) atoms. The third-order valence-corrected chi connectivity index (χ3v) is 17.4. The minimum atomic E-state index is -1.64. The van der Waals surface area contributed by atoms with Gasteiger partial charge in [-0.3, -0.25) is 62.3 Å². The molecular weight excluding hydrogens is 1380 g/mol. The summed E-state index contributed by atoms with van der Waals surface area (Å²) in [6, 6.07) is 21.7. The molecule has 29 nitrogen and oxygen atoms in total. The number of benzene rings is 4. The van der Waals surface area contributed by atoms with Gasteiger partial charge in [0.25, 0.3) is 0 Å². The lowest BCUT2D eigenvalue weighted by atomic mass is 10.00. The zero-order valence-electron chi connectivity index (χ0n) is 63.3. The van der Waals surface area contributed by atoms with Gasteiger partial charge in [0.15, 0.2) is 5.12 Å². The van der Waals surface area contributed by atoms with Crippen molar-refractivity contribution in [3.8, 4) is 0 Å². The van der Waals surface area contributed by atoms with Crippen LogP contribution in [-0.2, 0) is 96.8 Å². The molecule has 0 saturated heterocycles. The normalized spacial score (nSPS) is 14.2. The van der Waals surface area contributed by atoms with Crippen LogP contribution in [-0.4, -0.2) is 197 Å². The number of nitrogens with one attached hydrogen (secondary N) is 10. The highest BCUT2D eigenvalue weighted by Gasteiger charge is 2.39. The number of alkyl carbamates (subject to hydrolysis) is 1. The first-order valence-corrected chi connectivity index (χ1v) is 36.1. The predicted molar refractivity (Wildman–Crippen MR) is 400 cm³/mol. The molecule has 0 spiro atoms. The van der Waals surface area contributed by atoms with E-state index in [-0.39, 0.29) is 44.0 Å². The van der Waals surface area contributed by atoms with Gasteiger partial charge in [0.1, 0.15) is 66.0 Å². The Kier molecular flexibility index (Phi) is 35.5. The quantitative estimate of drug-likeness (QED) is 0.0306. The van der Waals surface area contributed by atoms with E-state index in [1.54, 1.807) is 191 Å². The van der Waals surface area contributed by atoms with E-state index >= 15 is 0 Å². The molecule has 4 aromatic carbocycles. The van der Waals surface area contributed by atoms with Gasteiger partial charge in [-0.25, -0.2) is 4.79 Å². The van der Waals surface area contributed by atoms with Crippen molar-refractivity contribution in [2.24, 2.45) is 17.6 Å². The molecule has 0 heterocycles. The summed E-state index contributed by atoms with van der Waals surface area (Å²) < 4.78 is 11.2. The van der Waals surface area contributed by atoms with Gasteiger partial charge in [0.05, 0.1) is 25.3 Å². The third kappa shape index (κ3) is 31.6. The minimum absolute atomic E-state index is 0.0234. The highest BCUT2D eigenvalue weighted by molar-refractivity contribution is 8.12. The molecule has 13 amide bonds. The second-order valence-corrected chi connectivity index (χ2v) is 29.7. The van der Waals surface area contributed by atoms with Crippen molar-refractivity contribution in [1.82, 2.24) is 63.0 Å². The van der Waals surface area contributed by atoms with Gasteiger partial charge >= 0.3 is 6.09 Å². The number of hydrogen-bond donors (Lipinski definition) is 11. The maximum atomic E-state index is 14.8. The molecule has 4 rings (SSSR count). The number of ether oxygens (including phenoxy) is 2. The lowest BCUT2D eigenvalue weighted by molar-refractivity contribution is -0.143. The van der Waals surface area contributed by atoms with Gasteiger partial charge in [0, 0.05) is 45.5 Å². The molecule has 10 atom stereocenters. The number of likely N-dealkylation sites (N-methyl/N-ethyl adjacent to an activating group) is 2. The Balaban J connectivity index is 1.51. The summed E-state index contributed by atoms with van der Waals surface area (Å²) in [7, 11) is 2.64. The van der Waals surface area contributed by atoms with Crippen molar-refractivity contribution in [3.63, 3.8) is 0 Å². The van der Waals surface area contributed by atoms with Crippen LogP contribution in [0.5, 0.6) is 0 Å². The maximum Gasteiger partial charge on any atom is 0.408 e. The van der Waals surface area contributed by atoms with E-state index in [0.29, 0.717) is 16.7 Å². The fourth-order valence-corrected chi connectivity index (χ4v) is 11.3. The molecule has 0 radical (unpaired) electrons. The van der Waals surface area contributed by atoms with Crippen LogP contribution in [0.25, 0.3) is 0 Å². The summed E-state index contributed by atoms with van der Waals surface area (Å²) >= 11 is 0.882. The Morgan fingerprint density at radius 3 is 1.41 bits per heavy atom. The van der Waals surface area contributed by atoms with Crippen LogP contribution in [0, 0.1) is 11.8 Å². The Morgan fingerprint density at radius 2 is 0.906 bits per heavy atom. The van der Waals surface area contributed by atoms with Gasteiger partial charge in [0.2, 0.25) is 70.9 Å². The van der Waals surface area contributed by atoms with Crippen LogP contribution in [0.2, 0.25) is 0 Å². The molecule has 0 bridgehead atoms. The number of carbonyl (C=O) groups excluding carboxylic acids is 14. The average Bonchev–Trinajstić information content (AvgIpc) is 0.842. The summed E-state index contributed by atoms with van der Waals surface area (Å²) in [6.07, 6.45) is -1.51. The number of rotatable bonds is 39. The minimum Gasteiger partial charge on any atom is -0.444 e. The lowest BCUT2D eigenvalue weighted by Crippen LogP contribution is -2.61. The largest absolute Gasteiger partial charge is 0.444 e. The second-order valence-electron chi connectivity index (χ2n) is 28.7. The first-order chi connectivity index (χ1) is 49.7. The smallest absolute Gasteiger partial charge is 0.408 e. The second kappa shape index (κ2) is 42.7. The number of carbonyl (C=O) groups is 14. The molecular formula is C76H107N13O16S. The van der Waals surface area contributed by atoms with E-state index in [9.17, 15) is 67.1 Å². The van der Waals surface area contributed by atoms with Crippen LogP contribution < -0.4 is 58.9 Å². The molecule has 578 valence electrons. The SMILES string of the molecule is CC(C)C[C@H](NC(=O)CNC(=O)[C@H](Cc1ccccc1)N(C)C(=O)[C@H](C)NC(=O)[C@H](Cc1ccccc1)NC(=O)OC(C)(C)C)C(=O)N[C@@H](C)C(=O)N[C@H](C(=O)N[C@@H](Cc1ccccc1)C(=O)N[C@@H](CC(=O)SCc1ccccc1)C(=O)N(C)[C@@H](C)C(=O)N[C@@H](COC(C)(C)C)C(=O)NCC(N)=O)C(C)C. The molecule has 0 aliphatic heterocycles. The van der Waals surface area contributed by atoms with Crippen molar-refractivity contribution < 1.29 is 76.6 Å². The van der Waals surface area contributed by atoms with E-state index in [1.807, 2.05) is 0 Å². The van der Waals surface area contributed by atoms with E-state index in [1.165, 1.54) is 34.9 Å². The molecule has 0 saturated carbocycles. The maximum absolute atomic E-state index is 14.8. The summed E-state index contributed by atoms with van der Waals surface area (Å²) in [5, 5.41) is 25.5. The van der Waals surface area contributed by atoms with Crippen molar-refractivity contribution in [2.45, 2.75) is 199 Å². The molecule has 0 fully saturated rings. The van der Waals surface area contributed by atoms with Crippen LogP contribution in [0.15, 0.2) is 121 Å². The molecule has 12 N–H and O–H groups in total. The number of hydrogen-bond acceptors (Lipinski definition) is 17. The molecule has 0 aromatic heterocycles. The monoisotopic (exact) mass is 1490 g/mol. The molecule has 0 aliphatic carbocycles. The highest BCUT2D eigenvalue weighted by atomic mass is 32.2. The summed E-state index contributed by atoms with van der Waals surface area (Å²) in [5.41, 5.74) is 6.32. The highest BCUT2D eigenvalue weighted by Crippen LogP contribution is 2.19. The zero-order chi connectivity index (χ0) is 79.2. The van der Waals surface area contributed by atoms with Gasteiger partial charge < -0.3 is 78.2 Å². The Morgan fingerprint density at radius 1 is 0.443 bits per heavy atom. The van der Waals surface area contributed by atoms with Gasteiger partial charge in [-0.1, -0.05) is 161 Å². The Labute approximate surface area is 625 Å². The van der Waals surface area contributed by atoms with Crippen molar-refractivity contribution in [1.29, 1.82) is 0 Å². The van der Waals surface area contributed by atoms with E-state index in [2.05, 4.69) is 53.2 Å². The number of nitrogens with zero attached hydrogens (tertiary/aromatic N) is 2. The van der Waals surface area contributed by atoms with Crippen molar-refractivity contribution in [3.05, 3.63) is 144 Å². The third-order valence-electron chi connectivity index (χ3n) is 16.4.